The summed E-state index contributed by atoms with van der Waals surface area (Å²) in [6.45, 7) is 1.07. The Labute approximate surface area is 81.8 Å². The predicted molar refractivity (Wildman–Crippen MR) is 54.7 cm³/mol. The van der Waals surface area contributed by atoms with Gasteiger partial charge in [-0.3, -0.25) is 0 Å². The van der Waals surface area contributed by atoms with Crippen molar-refractivity contribution in [2.24, 2.45) is 5.92 Å². The minimum absolute atomic E-state index is 0.574. The number of aromatic nitrogens is 3. The first-order valence-electron chi connectivity index (χ1n) is 4.90. The van der Waals surface area contributed by atoms with Crippen molar-refractivity contribution >= 4 is 16.9 Å². The van der Waals surface area contributed by atoms with Crippen LogP contribution in [0.15, 0.2) is 18.6 Å². The summed E-state index contributed by atoms with van der Waals surface area (Å²) in [4.78, 5) is 8.22. The first-order valence-corrected chi connectivity index (χ1v) is 4.90. The first-order chi connectivity index (χ1) is 6.84. The van der Waals surface area contributed by atoms with Crippen molar-refractivity contribution < 1.29 is 0 Å². The average molecular weight is 188 g/mol. The van der Waals surface area contributed by atoms with Crippen LogP contribution in [0, 0.1) is 5.92 Å². The van der Waals surface area contributed by atoms with Crippen molar-refractivity contribution in [3.05, 3.63) is 18.6 Å². The lowest BCUT2D eigenvalue weighted by Crippen LogP contribution is -2.00. The second kappa shape index (κ2) is 2.70. The molecule has 72 valence electrons. The number of nitrogen functional groups attached to an aromatic ring is 1. The van der Waals surface area contributed by atoms with E-state index >= 15 is 0 Å². The van der Waals surface area contributed by atoms with Crippen LogP contribution in [0.4, 0.5) is 5.82 Å². The Morgan fingerprint density at radius 3 is 3.07 bits per heavy atom. The Morgan fingerprint density at radius 1 is 1.43 bits per heavy atom. The van der Waals surface area contributed by atoms with Crippen LogP contribution < -0.4 is 5.73 Å². The molecule has 3 rings (SSSR count). The van der Waals surface area contributed by atoms with Crippen LogP contribution >= 0.6 is 0 Å². The molecule has 0 amide bonds. The van der Waals surface area contributed by atoms with E-state index < -0.39 is 0 Å². The summed E-state index contributed by atoms with van der Waals surface area (Å²) < 4.78 is 2.17. The lowest BCUT2D eigenvalue weighted by molar-refractivity contribution is 0.642. The second-order valence-electron chi connectivity index (χ2n) is 3.91. The van der Waals surface area contributed by atoms with E-state index in [-0.39, 0.29) is 0 Å². The van der Waals surface area contributed by atoms with Crippen molar-refractivity contribution in [2.45, 2.75) is 19.4 Å². The summed E-state index contributed by atoms with van der Waals surface area (Å²) >= 11 is 0. The second-order valence-corrected chi connectivity index (χ2v) is 3.91. The summed E-state index contributed by atoms with van der Waals surface area (Å²) in [6.07, 6.45) is 6.27. The third kappa shape index (κ3) is 1.14. The lowest BCUT2D eigenvalue weighted by atomic mass is 10.4. The Hall–Kier alpha value is -1.58. The molecule has 0 aromatic carbocycles. The molecule has 0 unspecified atom stereocenters. The van der Waals surface area contributed by atoms with Gasteiger partial charge in [0.1, 0.15) is 17.8 Å². The van der Waals surface area contributed by atoms with Crippen LogP contribution in [0.2, 0.25) is 0 Å². The van der Waals surface area contributed by atoms with E-state index in [4.69, 9.17) is 5.73 Å². The molecule has 1 aliphatic carbocycles. The van der Waals surface area contributed by atoms with Gasteiger partial charge in [0.25, 0.3) is 0 Å². The van der Waals surface area contributed by atoms with E-state index in [2.05, 4.69) is 14.5 Å². The highest BCUT2D eigenvalue weighted by molar-refractivity contribution is 5.85. The molecule has 4 nitrogen and oxygen atoms in total. The SMILES string of the molecule is Nc1ncnc2c1ccn2CC1CC1. The van der Waals surface area contributed by atoms with Crippen LogP contribution in [0.25, 0.3) is 11.0 Å². The van der Waals surface area contributed by atoms with Gasteiger partial charge >= 0.3 is 0 Å². The van der Waals surface area contributed by atoms with Gasteiger partial charge < -0.3 is 10.3 Å². The molecule has 1 aliphatic rings. The van der Waals surface area contributed by atoms with Crippen molar-refractivity contribution in [3.63, 3.8) is 0 Å². The van der Waals surface area contributed by atoms with Gasteiger partial charge in [-0.05, 0) is 24.8 Å². The van der Waals surface area contributed by atoms with E-state index in [0.29, 0.717) is 5.82 Å². The van der Waals surface area contributed by atoms with E-state index in [9.17, 15) is 0 Å². The maximum atomic E-state index is 5.75. The summed E-state index contributed by atoms with van der Waals surface area (Å²) in [6, 6.07) is 1.99. The minimum Gasteiger partial charge on any atom is -0.383 e. The van der Waals surface area contributed by atoms with Crippen molar-refractivity contribution in [2.75, 3.05) is 5.73 Å². The molecule has 0 bridgehead atoms. The van der Waals surface area contributed by atoms with Crippen molar-refractivity contribution in [1.29, 1.82) is 0 Å². The Kier molecular flexibility index (Phi) is 1.50. The van der Waals surface area contributed by atoms with Crippen molar-refractivity contribution in [1.82, 2.24) is 14.5 Å². The number of rotatable bonds is 2. The Morgan fingerprint density at radius 2 is 2.29 bits per heavy atom. The predicted octanol–water partition coefficient (Wildman–Crippen LogP) is 1.42. The normalized spacial score (nSPS) is 16.3. The molecule has 1 saturated carbocycles. The smallest absolute Gasteiger partial charge is 0.145 e. The largest absolute Gasteiger partial charge is 0.383 e. The van der Waals surface area contributed by atoms with Gasteiger partial charge in [0, 0.05) is 12.7 Å². The molecular weight excluding hydrogens is 176 g/mol. The zero-order valence-corrected chi connectivity index (χ0v) is 7.85. The van der Waals surface area contributed by atoms with Crippen molar-refractivity contribution in [3.8, 4) is 0 Å². The lowest BCUT2D eigenvalue weighted by Gasteiger charge is -2.02. The fourth-order valence-corrected chi connectivity index (χ4v) is 1.75. The highest BCUT2D eigenvalue weighted by Crippen LogP contribution is 2.32. The van der Waals surface area contributed by atoms with Crippen LogP contribution in [-0.2, 0) is 6.54 Å². The number of hydrogen-bond acceptors (Lipinski definition) is 3. The Balaban J connectivity index is 2.10. The summed E-state index contributed by atoms with van der Waals surface area (Å²) in [5.41, 5.74) is 6.71. The summed E-state index contributed by atoms with van der Waals surface area (Å²) in [5.74, 6) is 1.42. The fraction of sp³-hybridized carbons (Fsp3) is 0.400. The van der Waals surface area contributed by atoms with E-state index in [1.807, 2.05) is 12.3 Å². The molecule has 14 heavy (non-hydrogen) atoms. The zero-order valence-electron chi connectivity index (χ0n) is 7.85. The van der Waals surface area contributed by atoms with Crippen LogP contribution in [0.5, 0.6) is 0 Å². The van der Waals surface area contributed by atoms with Gasteiger partial charge in [-0.15, -0.1) is 0 Å². The first kappa shape index (κ1) is 7.79. The molecule has 0 aliphatic heterocycles. The quantitative estimate of drug-likeness (QED) is 0.775. The van der Waals surface area contributed by atoms with Crippen LogP contribution in [-0.4, -0.2) is 14.5 Å². The molecule has 2 heterocycles. The molecule has 0 spiro atoms. The molecule has 2 aromatic heterocycles. The highest BCUT2D eigenvalue weighted by atomic mass is 15.1. The van der Waals surface area contributed by atoms with E-state index in [0.717, 1.165) is 23.5 Å². The third-order valence-electron chi connectivity index (χ3n) is 2.74. The topological polar surface area (TPSA) is 56.7 Å². The zero-order chi connectivity index (χ0) is 9.54. The maximum absolute atomic E-state index is 5.75. The van der Waals surface area contributed by atoms with Gasteiger partial charge in [-0.1, -0.05) is 0 Å². The van der Waals surface area contributed by atoms with Gasteiger partial charge in [-0.25, -0.2) is 9.97 Å². The van der Waals surface area contributed by atoms with Gasteiger partial charge in [-0.2, -0.15) is 0 Å². The molecule has 0 atom stereocenters. The number of nitrogens with two attached hydrogens (primary N) is 1. The average Bonchev–Trinajstić information content (AvgIpc) is 2.88. The van der Waals surface area contributed by atoms with Crippen LogP contribution in [0.1, 0.15) is 12.8 Å². The Bertz CT molecular complexity index is 470. The maximum Gasteiger partial charge on any atom is 0.145 e. The standard InChI is InChI=1S/C10H12N4/c11-9-8-3-4-14(5-7-1-2-7)10(8)13-6-12-9/h3-4,6-7H,1-2,5H2,(H2,11,12,13). The molecule has 2 aromatic rings. The van der Waals surface area contributed by atoms with Gasteiger partial charge in [0.2, 0.25) is 0 Å². The molecule has 0 radical (unpaired) electrons. The summed E-state index contributed by atoms with van der Waals surface area (Å²) in [7, 11) is 0. The number of anilines is 1. The van der Waals surface area contributed by atoms with Gasteiger partial charge in [0.05, 0.1) is 5.39 Å². The minimum atomic E-state index is 0.574. The molecule has 0 saturated heterocycles. The van der Waals surface area contributed by atoms with Crippen LogP contribution in [0.3, 0.4) is 0 Å². The monoisotopic (exact) mass is 188 g/mol. The summed E-state index contributed by atoms with van der Waals surface area (Å²) in [5, 5.41) is 0.966. The third-order valence-corrected chi connectivity index (χ3v) is 2.74. The molecule has 4 heteroatoms. The number of fused-ring (bicyclic) bond motifs is 1. The molecular formula is C10H12N4. The van der Waals surface area contributed by atoms with Gasteiger partial charge in [0.15, 0.2) is 0 Å². The number of hydrogen-bond donors (Lipinski definition) is 1. The molecule has 1 fully saturated rings. The highest BCUT2D eigenvalue weighted by Gasteiger charge is 2.22. The van der Waals surface area contributed by atoms with E-state index in [1.54, 1.807) is 0 Å². The molecule has 2 N–H and O–H groups in total. The fourth-order valence-electron chi connectivity index (χ4n) is 1.75. The van der Waals surface area contributed by atoms with E-state index in [1.165, 1.54) is 19.2 Å². The number of nitrogens with zero attached hydrogens (tertiary/aromatic N) is 3.